The third-order valence-electron chi connectivity index (χ3n) is 6.81. The van der Waals surface area contributed by atoms with Gasteiger partial charge in [-0.2, -0.15) is 18.3 Å². The number of nitrogens with one attached hydrogen (secondary N) is 1. The van der Waals surface area contributed by atoms with Gasteiger partial charge in [0, 0.05) is 23.7 Å². The maximum atomic E-state index is 14.0. The second kappa shape index (κ2) is 9.62. The lowest BCUT2D eigenvalue weighted by Crippen LogP contribution is -2.33. The molecule has 8 heteroatoms. The number of piperidine rings is 1. The minimum Gasteiger partial charge on any atom is -0.370 e. The molecule has 3 heterocycles. The summed E-state index contributed by atoms with van der Waals surface area (Å²) >= 11 is 5.95. The molecule has 2 aromatic carbocycles. The first-order valence-electron chi connectivity index (χ1n) is 11.9. The van der Waals surface area contributed by atoms with Crippen molar-refractivity contribution in [3.63, 3.8) is 0 Å². The fourth-order valence-corrected chi connectivity index (χ4v) is 5.37. The maximum absolute atomic E-state index is 14.0. The number of anilines is 1. The molecule has 2 aliphatic rings. The van der Waals surface area contributed by atoms with Crippen LogP contribution in [-0.2, 0) is 19.1 Å². The molecular weight excluding hydrogens is 461 g/mol. The minimum atomic E-state index is -4.53. The van der Waals surface area contributed by atoms with Crippen LogP contribution in [0.1, 0.15) is 60.5 Å². The quantitative estimate of drug-likeness (QED) is 0.428. The number of hydrogen-bond acceptors (Lipinski definition) is 3. The molecule has 5 rings (SSSR count). The van der Waals surface area contributed by atoms with Crippen LogP contribution in [0.5, 0.6) is 0 Å². The summed E-state index contributed by atoms with van der Waals surface area (Å²) < 4.78 is 43.4. The van der Waals surface area contributed by atoms with Crippen molar-refractivity contribution < 1.29 is 13.2 Å². The Morgan fingerprint density at radius 3 is 2.65 bits per heavy atom. The monoisotopic (exact) mass is 488 g/mol. The van der Waals surface area contributed by atoms with Gasteiger partial charge < -0.3 is 5.32 Å². The number of aromatic nitrogens is 2. The van der Waals surface area contributed by atoms with Crippen molar-refractivity contribution in [2.24, 2.45) is 0 Å². The summed E-state index contributed by atoms with van der Waals surface area (Å²) in [5.41, 5.74) is 2.43. The standard InChI is InChI=1S/C26H28ClF3N4/c27-19-12-13-22(21(16-19)26(28,29)30)34-25-20(10-4-6-14-31-25)24(32-34)23-11-5-7-15-33(23)17-18-8-2-1-3-9-18/h1-3,8-9,12-13,16,23,31H,4-7,10-11,14-15,17H2. The molecule has 1 fully saturated rings. The van der Waals surface area contributed by atoms with Gasteiger partial charge in [0.15, 0.2) is 0 Å². The average molecular weight is 489 g/mol. The van der Waals surface area contributed by atoms with Crippen molar-refractivity contribution in [3.8, 4) is 5.69 Å². The van der Waals surface area contributed by atoms with Crippen LogP contribution in [0.4, 0.5) is 19.0 Å². The summed E-state index contributed by atoms with van der Waals surface area (Å²) in [6, 6.07) is 14.3. The van der Waals surface area contributed by atoms with E-state index < -0.39 is 11.7 Å². The van der Waals surface area contributed by atoms with Crippen LogP contribution in [0.2, 0.25) is 5.02 Å². The summed E-state index contributed by atoms with van der Waals surface area (Å²) in [5.74, 6) is 0.686. The molecular formula is C26H28ClF3N4. The van der Waals surface area contributed by atoms with E-state index in [2.05, 4.69) is 22.3 Å². The zero-order valence-electron chi connectivity index (χ0n) is 18.9. The van der Waals surface area contributed by atoms with E-state index >= 15 is 0 Å². The van der Waals surface area contributed by atoms with E-state index in [9.17, 15) is 13.2 Å². The Labute approximate surface area is 202 Å². The molecule has 1 aromatic heterocycles. The number of alkyl halides is 3. The van der Waals surface area contributed by atoms with Gasteiger partial charge in [0.05, 0.1) is 23.0 Å². The van der Waals surface area contributed by atoms with Crippen molar-refractivity contribution >= 4 is 17.4 Å². The fraction of sp³-hybridized carbons (Fsp3) is 0.423. The Balaban J connectivity index is 1.61. The molecule has 0 bridgehead atoms. The molecule has 0 saturated carbocycles. The Kier molecular flexibility index (Phi) is 6.58. The largest absolute Gasteiger partial charge is 0.418 e. The van der Waals surface area contributed by atoms with Gasteiger partial charge in [-0.25, -0.2) is 4.68 Å². The van der Waals surface area contributed by atoms with E-state index in [1.807, 2.05) is 18.2 Å². The summed E-state index contributed by atoms with van der Waals surface area (Å²) in [7, 11) is 0. The van der Waals surface area contributed by atoms with Crippen molar-refractivity contribution in [3.05, 3.63) is 75.9 Å². The number of fused-ring (bicyclic) bond motifs is 1. The smallest absolute Gasteiger partial charge is 0.370 e. The molecule has 34 heavy (non-hydrogen) atoms. The van der Waals surface area contributed by atoms with Gasteiger partial charge in [-0.1, -0.05) is 48.4 Å². The van der Waals surface area contributed by atoms with Gasteiger partial charge in [-0.05, 0) is 62.4 Å². The van der Waals surface area contributed by atoms with Crippen LogP contribution in [-0.4, -0.2) is 27.8 Å². The second-order valence-corrected chi connectivity index (χ2v) is 9.57. The minimum absolute atomic E-state index is 0.0132. The highest BCUT2D eigenvalue weighted by Crippen LogP contribution is 2.41. The van der Waals surface area contributed by atoms with Crippen LogP contribution in [0, 0.1) is 0 Å². The molecule has 0 spiro atoms. The Bertz CT molecular complexity index is 1140. The first kappa shape index (κ1) is 23.2. The number of benzene rings is 2. The lowest BCUT2D eigenvalue weighted by Gasteiger charge is -2.35. The van der Waals surface area contributed by atoms with Crippen molar-refractivity contribution in [1.82, 2.24) is 14.7 Å². The lowest BCUT2D eigenvalue weighted by molar-refractivity contribution is -0.137. The molecule has 180 valence electrons. The van der Waals surface area contributed by atoms with Gasteiger partial charge in [-0.15, -0.1) is 0 Å². The Morgan fingerprint density at radius 2 is 1.85 bits per heavy atom. The van der Waals surface area contributed by atoms with Crippen LogP contribution in [0.3, 0.4) is 0 Å². The van der Waals surface area contributed by atoms with E-state index in [-0.39, 0.29) is 16.8 Å². The summed E-state index contributed by atoms with van der Waals surface area (Å²) in [5, 5.41) is 8.34. The second-order valence-electron chi connectivity index (χ2n) is 9.13. The molecule has 1 unspecified atom stereocenters. The zero-order valence-corrected chi connectivity index (χ0v) is 19.7. The topological polar surface area (TPSA) is 33.1 Å². The Morgan fingerprint density at radius 1 is 1.03 bits per heavy atom. The van der Waals surface area contributed by atoms with Gasteiger partial charge in [0.25, 0.3) is 0 Å². The summed E-state index contributed by atoms with van der Waals surface area (Å²) in [6.45, 7) is 2.46. The molecule has 3 aromatic rings. The van der Waals surface area contributed by atoms with Crippen LogP contribution in [0.25, 0.3) is 5.69 Å². The molecule has 0 radical (unpaired) electrons. The number of rotatable bonds is 4. The van der Waals surface area contributed by atoms with Crippen molar-refractivity contribution in [1.29, 1.82) is 0 Å². The van der Waals surface area contributed by atoms with Crippen LogP contribution >= 0.6 is 11.6 Å². The average Bonchev–Trinajstić information content (AvgIpc) is 3.00. The van der Waals surface area contributed by atoms with E-state index in [1.165, 1.54) is 22.4 Å². The summed E-state index contributed by atoms with van der Waals surface area (Å²) in [4.78, 5) is 2.43. The summed E-state index contributed by atoms with van der Waals surface area (Å²) in [6.07, 6.45) is 1.37. The van der Waals surface area contributed by atoms with Crippen molar-refractivity contribution in [2.75, 3.05) is 18.4 Å². The number of likely N-dealkylation sites (tertiary alicyclic amines) is 1. The van der Waals surface area contributed by atoms with Crippen molar-refractivity contribution in [2.45, 2.75) is 57.3 Å². The van der Waals surface area contributed by atoms with Gasteiger partial charge >= 0.3 is 6.18 Å². The third kappa shape index (κ3) is 4.68. The highest BCUT2D eigenvalue weighted by molar-refractivity contribution is 6.30. The lowest BCUT2D eigenvalue weighted by atomic mass is 9.94. The van der Waals surface area contributed by atoms with Gasteiger partial charge in [0.2, 0.25) is 0 Å². The molecule has 1 N–H and O–H groups in total. The van der Waals surface area contributed by atoms with E-state index in [1.54, 1.807) is 0 Å². The molecule has 1 atom stereocenters. The van der Waals surface area contributed by atoms with Crippen LogP contribution < -0.4 is 5.32 Å². The molecule has 0 amide bonds. The highest BCUT2D eigenvalue weighted by Gasteiger charge is 2.37. The molecule has 1 saturated heterocycles. The zero-order chi connectivity index (χ0) is 23.7. The third-order valence-corrected chi connectivity index (χ3v) is 7.05. The fourth-order valence-electron chi connectivity index (χ4n) is 5.20. The maximum Gasteiger partial charge on any atom is 0.418 e. The molecule has 0 aliphatic carbocycles. The predicted molar refractivity (Wildman–Crippen MR) is 128 cm³/mol. The Hall–Kier alpha value is -2.51. The SMILES string of the molecule is FC(F)(F)c1cc(Cl)ccc1-n1nc(C2CCCCN2Cc2ccccc2)c2c1NCCCC2. The number of hydrogen-bond donors (Lipinski definition) is 1. The predicted octanol–water partition coefficient (Wildman–Crippen LogP) is 7.02. The van der Waals surface area contributed by atoms with Gasteiger partial charge in [0.1, 0.15) is 5.82 Å². The first-order valence-corrected chi connectivity index (χ1v) is 12.3. The molecule has 2 aliphatic heterocycles. The van der Waals surface area contributed by atoms with E-state index in [0.717, 1.165) is 68.9 Å². The molecule has 4 nitrogen and oxygen atoms in total. The number of nitrogens with zero attached hydrogens (tertiary/aromatic N) is 3. The van der Waals surface area contributed by atoms with Crippen LogP contribution in [0.15, 0.2) is 48.5 Å². The van der Waals surface area contributed by atoms with E-state index in [0.29, 0.717) is 12.4 Å². The van der Waals surface area contributed by atoms with Gasteiger partial charge in [-0.3, -0.25) is 4.90 Å². The highest BCUT2D eigenvalue weighted by atomic mass is 35.5. The first-order chi connectivity index (χ1) is 16.4. The normalized spacial score (nSPS) is 19.4. The van der Waals surface area contributed by atoms with E-state index in [4.69, 9.17) is 16.7 Å². The number of halogens is 4.